The Morgan fingerprint density at radius 1 is 0.328 bits per heavy atom. The average Bonchev–Trinajstić information content (AvgIpc) is 3.26. The molecule has 0 spiro atoms. The van der Waals surface area contributed by atoms with Crippen LogP contribution in [0, 0.1) is 0 Å². The SMILES string of the molecule is CCCCC/C=C\C/C=C\C/C=C\C/C=C\CCCC(=O)OCC(COC(=O)CCCCCCCCCCC)OC(=O)CCCCCCCCCCCCCCCCCCC. The van der Waals surface area contributed by atoms with Crippen LogP contribution in [0.2, 0.25) is 0 Å². The normalized spacial score (nSPS) is 12.4. The predicted octanol–water partition coefficient (Wildman–Crippen LogP) is 17.1. The highest BCUT2D eigenvalue weighted by Crippen LogP contribution is 2.16. The first kappa shape index (κ1) is 58.4. The molecule has 0 aliphatic heterocycles. The van der Waals surface area contributed by atoms with Gasteiger partial charge in [-0.1, -0.05) is 236 Å². The van der Waals surface area contributed by atoms with Gasteiger partial charge in [0.1, 0.15) is 13.2 Å². The molecule has 0 aromatic rings. The van der Waals surface area contributed by atoms with Gasteiger partial charge in [-0.15, -0.1) is 0 Å². The van der Waals surface area contributed by atoms with Crippen molar-refractivity contribution in [1.29, 1.82) is 0 Å². The van der Waals surface area contributed by atoms with Crippen molar-refractivity contribution >= 4 is 17.9 Å². The van der Waals surface area contributed by atoms with E-state index in [0.29, 0.717) is 19.3 Å². The fourth-order valence-corrected chi connectivity index (χ4v) is 7.38. The minimum absolute atomic E-state index is 0.0868. The summed E-state index contributed by atoms with van der Waals surface area (Å²) in [4.78, 5) is 37.9. The Morgan fingerprint density at radius 2 is 0.607 bits per heavy atom. The molecule has 0 fully saturated rings. The Morgan fingerprint density at radius 3 is 0.984 bits per heavy atom. The number of ether oxygens (including phenoxy) is 3. The summed E-state index contributed by atoms with van der Waals surface area (Å²) in [7, 11) is 0. The van der Waals surface area contributed by atoms with Crippen LogP contribution >= 0.6 is 0 Å². The van der Waals surface area contributed by atoms with E-state index in [1.54, 1.807) is 0 Å². The molecule has 0 aliphatic carbocycles. The van der Waals surface area contributed by atoms with Crippen LogP contribution in [-0.2, 0) is 28.6 Å². The number of rotatable bonds is 47. The van der Waals surface area contributed by atoms with E-state index in [9.17, 15) is 14.4 Å². The van der Waals surface area contributed by atoms with Gasteiger partial charge in [0, 0.05) is 19.3 Å². The molecule has 354 valence electrons. The molecule has 6 heteroatoms. The van der Waals surface area contributed by atoms with E-state index >= 15 is 0 Å². The quantitative estimate of drug-likeness (QED) is 0.0263. The van der Waals surface area contributed by atoms with Gasteiger partial charge in [0.2, 0.25) is 0 Å². The fraction of sp³-hybridized carbons (Fsp3) is 0.800. The fourth-order valence-electron chi connectivity index (χ4n) is 7.38. The summed E-state index contributed by atoms with van der Waals surface area (Å²) in [5, 5.41) is 0. The summed E-state index contributed by atoms with van der Waals surface area (Å²) in [5.41, 5.74) is 0. The van der Waals surface area contributed by atoms with E-state index in [4.69, 9.17) is 14.2 Å². The highest BCUT2D eigenvalue weighted by molar-refractivity contribution is 5.71. The van der Waals surface area contributed by atoms with Crippen molar-refractivity contribution in [3.05, 3.63) is 48.6 Å². The molecule has 0 saturated carbocycles. The van der Waals surface area contributed by atoms with Gasteiger partial charge >= 0.3 is 17.9 Å². The standard InChI is InChI=1S/C55H98O6/c1-4-7-10-13-16-19-21-23-25-27-29-31-33-36-39-42-45-48-54(57)60-51-52(50-59-53(56)47-44-41-38-35-18-15-12-9-6-3)61-55(58)49-46-43-40-37-34-32-30-28-26-24-22-20-17-14-11-8-5-2/h16,19,23,25,29,31,36,39,52H,4-15,17-18,20-22,24,26-28,30,32-35,37-38,40-51H2,1-3H3/b19-16-,25-23-,31-29-,39-36-. The maximum Gasteiger partial charge on any atom is 0.306 e. The highest BCUT2D eigenvalue weighted by Gasteiger charge is 2.19. The monoisotopic (exact) mass is 855 g/mol. The molecule has 0 amide bonds. The van der Waals surface area contributed by atoms with Crippen molar-refractivity contribution in [2.24, 2.45) is 0 Å². The van der Waals surface area contributed by atoms with E-state index in [1.165, 1.54) is 154 Å². The van der Waals surface area contributed by atoms with E-state index in [1.807, 2.05) is 0 Å². The third kappa shape index (κ3) is 48.3. The first-order valence-corrected chi connectivity index (χ1v) is 26.1. The number of carbonyl (C=O) groups excluding carboxylic acids is 3. The third-order valence-corrected chi connectivity index (χ3v) is 11.3. The zero-order valence-corrected chi connectivity index (χ0v) is 40.4. The van der Waals surface area contributed by atoms with Crippen molar-refractivity contribution in [2.75, 3.05) is 13.2 Å². The molecule has 1 unspecified atom stereocenters. The van der Waals surface area contributed by atoms with Crippen LogP contribution in [0.25, 0.3) is 0 Å². The lowest BCUT2D eigenvalue weighted by Crippen LogP contribution is -2.30. The Balaban J connectivity index is 4.38. The number of allylic oxidation sites excluding steroid dienone is 8. The summed E-state index contributed by atoms with van der Waals surface area (Å²) < 4.78 is 16.7. The molecule has 0 aliphatic rings. The molecule has 6 nitrogen and oxygen atoms in total. The molecule has 61 heavy (non-hydrogen) atoms. The number of carbonyl (C=O) groups is 3. The van der Waals surface area contributed by atoms with Gasteiger partial charge in [0.15, 0.2) is 6.10 Å². The Kier molecular flexibility index (Phi) is 47.9. The van der Waals surface area contributed by atoms with Crippen molar-refractivity contribution in [2.45, 2.75) is 271 Å². The summed E-state index contributed by atoms with van der Waals surface area (Å²) in [6.45, 7) is 6.56. The Hall–Kier alpha value is -2.63. The first-order chi connectivity index (χ1) is 30.0. The second kappa shape index (κ2) is 50.0. The number of hydrogen-bond donors (Lipinski definition) is 0. The van der Waals surface area contributed by atoms with Crippen molar-refractivity contribution in [1.82, 2.24) is 0 Å². The van der Waals surface area contributed by atoms with Crippen molar-refractivity contribution < 1.29 is 28.6 Å². The Labute approximate surface area is 378 Å². The second-order valence-corrected chi connectivity index (χ2v) is 17.4. The van der Waals surface area contributed by atoms with E-state index in [-0.39, 0.29) is 37.5 Å². The smallest absolute Gasteiger partial charge is 0.306 e. The summed E-state index contributed by atoms with van der Waals surface area (Å²) in [6.07, 6.45) is 59.6. The highest BCUT2D eigenvalue weighted by atomic mass is 16.6. The van der Waals surface area contributed by atoms with Crippen LogP contribution in [0.3, 0.4) is 0 Å². The summed E-state index contributed by atoms with van der Waals surface area (Å²) in [6, 6.07) is 0. The zero-order valence-electron chi connectivity index (χ0n) is 40.4. The lowest BCUT2D eigenvalue weighted by Gasteiger charge is -2.18. The Bertz CT molecular complexity index is 1070. The largest absolute Gasteiger partial charge is 0.462 e. The van der Waals surface area contributed by atoms with E-state index < -0.39 is 6.10 Å². The molecule has 0 rings (SSSR count). The predicted molar refractivity (Wildman–Crippen MR) is 261 cm³/mol. The van der Waals surface area contributed by atoms with Crippen LogP contribution in [0.4, 0.5) is 0 Å². The van der Waals surface area contributed by atoms with Crippen LogP contribution in [-0.4, -0.2) is 37.2 Å². The van der Waals surface area contributed by atoms with Gasteiger partial charge in [0.25, 0.3) is 0 Å². The molecule has 1 atom stereocenters. The van der Waals surface area contributed by atoms with Gasteiger partial charge in [-0.05, 0) is 57.8 Å². The van der Waals surface area contributed by atoms with Gasteiger partial charge in [-0.25, -0.2) is 0 Å². The molecule has 0 heterocycles. The van der Waals surface area contributed by atoms with Crippen molar-refractivity contribution in [3.8, 4) is 0 Å². The van der Waals surface area contributed by atoms with Gasteiger partial charge < -0.3 is 14.2 Å². The summed E-state index contributed by atoms with van der Waals surface area (Å²) in [5.74, 6) is -0.939. The number of esters is 3. The average molecular weight is 855 g/mol. The van der Waals surface area contributed by atoms with Crippen molar-refractivity contribution in [3.63, 3.8) is 0 Å². The lowest BCUT2D eigenvalue weighted by molar-refractivity contribution is -0.167. The van der Waals surface area contributed by atoms with Crippen LogP contribution in [0.5, 0.6) is 0 Å². The second-order valence-electron chi connectivity index (χ2n) is 17.4. The van der Waals surface area contributed by atoms with Crippen LogP contribution in [0.1, 0.15) is 265 Å². The molecule has 0 radical (unpaired) electrons. The molecular weight excluding hydrogens is 757 g/mol. The van der Waals surface area contributed by atoms with Crippen LogP contribution < -0.4 is 0 Å². The maximum atomic E-state index is 12.8. The number of unbranched alkanes of at least 4 members (excludes halogenated alkanes) is 28. The topological polar surface area (TPSA) is 78.9 Å². The molecule has 0 aromatic carbocycles. The van der Waals surface area contributed by atoms with E-state index in [0.717, 1.165) is 64.2 Å². The lowest BCUT2D eigenvalue weighted by atomic mass is 10.0. The molecular formula is C55H98O6. The molecule has 0 bridgehead atoms. The maximum absolute atomic E-state index is 12.8. The molecule has 0 aromatic heterocycles. The zero-order chi connectivity index (χ0) is 44.4. The van der Waals surface area contributed by atoms with Gasteiger partial charge in [-0.2, -0.15) is 0 Å². The minimum Gasteiger partial charge on any atom is -0.462 e. The van der Waals surface area contributed by atoms with E-state index in [2.05, 4.69) is 69.4 Å². The third-order valence-electron chi connectivity index (χ3n) is 11.3. The molecule has 0 N–H and O–H groups in total. The van der Waals surface area contributed by atoms with Gasteiger partial charge in [-0.3, -0.25) is 14.4 Å². The minimum atomic E-state index is -0.789. The van der Waals surface area contributed by atoms with Gasteiger partial charge in [0.05, 0.1) is 0 Å². The number of hydrogen-bond acceptors (Lipinski definition) is 6. The molecule has 0 saturated heterocycles. The van der Waals surface area contributed by atoms with Crippen LogP contribution in [0.15, 0.2) is 48.6 Å². The summed E-state index contributed by atoms with van der Waals surface area (Å²) >= 11 is 0. The first-order valence-electron chi connectivity index (χ1n) is 26.1.